The SMILES string of the molecule is Cc1ccc(Cn2c(=O)n(-c3ccccc3)c(=O)c3cc(Br)ccc32)cc1. The molecule has 0 saturated heterocycles. The molecule has 0 radical (unpaired) electrons. The molecule has 1 heterocycles. The Labute approximate surface area is 164 Å². The average molecular weight is 421 g/mol. The van der Waals surface area contributed by atoms with Crippen molar-refractivity contribution < 1.29 is 0 Å². The Morgan fingerprint density at radius 3 is 2.30 bits per heavy atom. The summed E-state index contributed by atoms with van der Waals surface area (Å²) in [4.78, 5) is 26.4. The molecule has 134 valence electrons. The molecule has 3 aromatic carbocycles. The average Bonchev–Trinajstić information content (AvgIpc) is 2.68. The normalized spacial score (nSPS) is 11.0. The van der Waals surface area contributed by atoms with E-state index in [0.717, 1.165) is 15.6 Å². The minimum Gasteiger partial charge on any atom is -0.288 e. The lowest BCUT2D eigenvalue weighted by atomic mass is 10.1. The van der Waals surface area contributed by atoms with Gasteiger partial charge >= 0.3 is 5.69 Å². The first-order valence-electron chi connectivity index (χ1n) is 8.61. The second-order valence-corrected chi connectivity index (χ2v) is 7.41. The number of hydrogen-bond acceptors (Lipinski definition) is 2. The number of fused-ring (bicyclic) bond motifs is 1. The number of aryl methyl sites for hydroxylation is 1. The second kappa shape index (κ2) is 7.00. The largest absolute Gasteiger partial charge is 0.336 e. The van der Waals surface area contributed by atoms with Gasteiger partial charge in [-0.15, -0.1) is 0 Å². The summed E-state index contributed by atoms with van der Waals surface area (Å²) in [5, 5.41) is 0.500. The van der Waals surface area contributed by atoms with Gasteiger partial charge in [0.15, 0.2) is 0 Å². The molecule has 27 heavy (non-hydrogen) atoms. The van der Waals surface area contributed by atoms with E-state index in [-0.39, 0.29) is 11.2 Å². The van der Waals surface area contributed by atoms with Crippen LogP contribution in [-0.2, 0) is 6.54 Å². The van der Waals surface area contributed by atoms with Crippen molar-refractivity contribution in [3.05, 3.63) is 109 Å². The van der Waals surface area contributed by atoms with Gasteiger partial charge < -0.3 is 0 Å². The molecule has 0 spiro atoms. The maximum atomic E-state index is 13.3. The van der Waals surface area contributed by atoms with Crippen LogP contribution in [0.5, 0.6) is 0 Å². The fraction of sp³-hybridized carbons (Fsp3) is 0.0909. The van der Waals surface area contributed by atoms with E-state index in [1.54, 1.807) is 22.8 Å². The summed E-state index contributed by atoms with van der Waals surface area (Å²) in [6, 6.07) is 22.5. The lowest BCUT2D eigenvalue weighted by Crippen LogP contribution is -2.39. The molecule has 0 amide bonds. The van der Waals surface area contributed by atoms with Crippen molar-refractivity contribution in [1.29, 1.82) is 0 Å². The molecular weight excluding hydrogens is 404 g/mol. The Balaban J connectivity index is 2.03. The van der Waals surface area contributed by atoms with Gasteiger partial charge in [0.2, 0.25) is 0 Å². The predicted octanol–water partition coefficient (Wildman–Crippen LogP) is 4.27. The van der Waals surface area contributed by atoms with Gasteiger partial charge in [0.25, 0.3) is 5.56 Å². The van der Waals surface area contributed by atoms with Crippen molar-refractivity contribution in [2.75, 3.05) is 0 Å². The first-order valence-corrected chi connectivity index (χ1v) is 9.40. The van der Waals surface area contributed by atoms with Gasteiger partial charge in [0.05, 0.1) is 23.1 Å². The van der Waals surface area contributed by atoms with E-state index in [1.807, 2.05) is 61.5 Å². The number of hydrogen-bond donors (Lipinski definition) is 0. The first-order chi connectivity index (χ1) is 13.0. The summed E-state index contributed by atoms with van der Waals surface area (Å²) >= 11 is 3.43. The van der Waals surface area contributed by atoms with Gasteiger partial charge in [0, 0.05) is 4.47 Å². The highest BCUT2D eigenvalue weighted by molar-refractivity contribution is 9.10. The van der Waals surface area contributed by atoms with Crippen molar-refractivity contribution in [1.82, 2.24) is 9.13 Å². The topological polar surface area (TPSA) is 44.0 Å². The molecule has 0 aliphatic rings. The fourth-order valence-corrected chi connectivity index (χ4v) is 3.54. The number of rotatable bonds is 3. The Hall–Kier alpha value is -2.92. The molecule has 0 atom stereocenters. The van der Waals surface area contributed by atoms with E-state index in [1.165, 1.54) is 4.57 Å². The van der Waals surface area contributed by atoms with Gasteiger partial charge in [-0.05, 0) is 42.8 Å². The second-order valence-electron chi connectivity index (χ2n) is 6.49. The zero-order valence-corrected chi connectivity index (χ0v) is 16.3. The Morgan fingerprint density at radius 1 is 0.889 bits per heavy atom. The van der Waals surface area contributed by atoms with Crippen LogP contribution >= 0.6 is 15.9 Å². The zero-order valence-electron chi connectivity index (χ0n) is 14.7. The van der Waals surface area contributed by atoms with Crippen molar-refractivity contribution in [2.24, 2.45) is 0 Å². The third kappa shape index (κ3) is 3.26. The zero-order chi connectivity index (χ0) is 19.0. The molecule has 0 fully saturated rings. The molecule has 0 aliphatic carbocycles. The third-order valence-corrected chi connectivity index (χ3v) is 5.07. The van der Waals surface area contributed by atoms with Crippen LogP contribution in [0.2, 0.25) is 0 Å². The third-order valence-electron chi connectivity index (χ3n) is 4.58. The Morgan fingerprint density at radius 2 is 1.59 bits per heavy atom. The van der Waals surface area contributed by atoms with Gasteiger partial charge in [0.1, 0.15) is 0 Å². The van der Waals surface area contributed by atoms with E-state index in [9.17, 15) is 9.59 Å². The van der Waals surface area contributed by atoms with Crippen LogP contribution in [-0.4, -0.2) is 9.13 Å². The summed E-state index contributed by atoms with van der Waals surface area (Å²) < 4.78 is 3.69. The maximum Gasteiger partial charge on any atom is 0.336 e. The highest BCUT2D eigenvalue weighted by Gasteiger charge is 2.15. The van der Waals surface area contributed by atoms with E-state index in [2.05, 4.69) is 15.9 Å². The van der Waals surface area contributed by atoms with Crippen molar-refractivity contribution >= 4 is 26.8 Å². The lowest BCUT2D eigenvalue weighted by Gasteiger charge is -2.15. The van der Waals surface area contributed by atoms with Gasteiger partial charge in [-0.25, -0.2) is 9.36 Å². The minimum absolute atomic E-state index is 0.317. The molecule has 0 bridgehead atoms. The molecular formula is C22H17BrN2O2. The van der Waals surface area contributed by atoms with Gasteiger partial charge in [-0.3, -0.25) is 9.36 Å². The van der Waals surface area contributed by atoms with Crippen LogP contribution in [0.4, 0.5) is 0 Å². The Kier molecular flexibility index (Phi) is 4.54. The molecule has 5 heteroatoms. The minimum atomic E-state index is -0.346. The first kappa shape index (κ1) is 17.5. The molecule has 0 aliphatic heterocycles. The van der Waals surface area contributed by atoms with E-state index < -0.39 is 0 Å². The molecule has 4 aromatic rings. The van der Waals surface area contributed by atoms with Gasteiger partial charge in [-0.1, -0.05) is 64.0 Å². The molecule has 0 saturated carbocycles. The monoisotopic (exact) mass is 420 g/mol. The molecule has 4 nitrogen and oxygen atoms in total. The number of para-hydroxylation sites is 1. The molecule has 0 unspecified atom stereocenters. The van der Waals surface area contributed by atoms with Crippen LogP contribution in [0.25, 0.3) is 16.6 Å². The number of halogens is 1. The van der Waals surface area contributed by atoms with Crippen molar-refractivity contribution in [2.45, 2.75) is 13.5 Å². The van der Waals surface area contributed by atoms with Crippen LogP contribution in [0.1, 0.15) is 11.1 Å². The fourth-order valence-electron chi connectivity index (χ4n) is 3.18. The molecule has 1 aromatic heterocycles. The highest BCUT2D eigenvalue weighted by Crippen LogP contribution is 2.18. The van der Waals surface area contributed by atoms with E-state index >= 15 is 0 Å². The van der Waals surface area contributed by atoms with Crippen molar-refractivity contribution in [3.63, 3.8) is 0 Å². The maximum absolute atomic E-state index is 13.3. The van der Waals surface area contributed by atoms with Crippen LogP contribution in [0.3, 0.4) is 0 Å². The summed E-state index contributed by atoms with van der Waals surface area (Å²) in [6.45, 7) is 2.42. The van der Waals surface area contributed by atoms with Crippen LogP contribution < -0.4 is 11.2 Å². The molecule has 0 N–H and O–H groups in total. The Bertz CT molecular complexity index is 1240. The summed E-state index contributed by atoms with van der Waals surface area (Å²) in [5.41, 5.74) is 2.69. The number of benzene rings is 3. The van der Waals surface area contributed by atoms with E-state index in [0.29, 0.717) is 23.1 Å². The number of aromatic nitrogens is 2. The quantitative estimate of drug-likeness (QED) is 0.496. The standard InChI is InChI=1S/C22H17BrN2O2/c1-15-7-9-16(10-8-15)14-24-20-12-11-17(23)13-19(20)21(26)25(22(24)27)18-5-3-2-4-6-18/h2-13H,14H2,1H3. The van der Waals surface area contributed by atoms with Crippen LogP contribution in [0, 0.1) is 6.92 Å². The summed E-state index contributed by atoms with van der Waals surface area (Å²) in [7, 11) is 0. The summed E-state index contributed by atoms with van der Waals surface area (Å²) in [6.07, 6.45) is 0. The lowest BCUT2D eigenvalue weighted by molar-refractivity contribution is 0.714. The smallest absolute Gasteiger partial charge is 0.288 e. The van der Waals surface area contributed by atoms with Gasteiger partial charge in [-0.2, -0.15) is 0 Å². The summed E-state index contributed by atoms with van der Waals surface area (Å²) in [5.74, 6) is 0. The van der Waals surface area contributed by atoms with Crippen LogP contribution in [0.15, 0.2) is 86.9 Å². The van der Waals surface area contributed by atoms with Crippen molar-refractivity contribution in [3.8, 4) is 5.69 Å². The highest BCUT2D eigenvalue weighted by atomic mass is 79.9. The van der Waals surface area contributed by atoms with E-state index in [4.69, 9.17) is 0 Å². The molecule has 4 rings (SSSR count). The number of nitrogens with zero attached hydrogens (tertiary/aromatic N) is 2. The predicted molar refractivity (Wildman–Crippen MR) is 112 cm³/mol.